The van der Waals surface area contributed by atoms with Crippen LogP contribution in [0.3, 0.4) is 0 Å². The molecule has 0 saturated carbocycles. The molecule has 7 nitrogen and oxygen atoms in total. The first-order chi connectivity index (χ1) is 9.47. The van der Waals surface area contributed by atoms with E-state index in [1.807, 2.05) is 10.8 Å². The number of hydrogen-bond donors (Lipinski definition) is 3. The van der Waals surface area contributed by atoms with Crippen LogP contribution in [-0.2, 0) is 16.6 Å². The molecule has 0 aliphatic carbocycles. The fourth-order valence-electron chi connectivity index (χ4n) is 1.82. The molecule has 20 heavy (non-hydrogen) atoms. The lowest BCUT2D eigenvalue weighted by Gasteiger charge is -2.11. The van der Waals surface area contributed by atoms with E-state index in [-0.39, 0.29) is 4.90 Å². The lowest BCUT2D eigenvalue weighted by atomic mass is 10.2. The maximum Gasteiger partial charge on any atom is 0.240 e. The molecule has 0 fully saturated rings. The Kier molecular flexibility index (Phi) is 4.26. The number of hydrogen-bond acceptors (Lipinski definition) is 5. The zero-order valence-electron chi connectivity index (χ0n) is 10.9. The lowest BCUT2D eigenvalue weighted by molar-refractivity contribution is 0.598. The maximum atomic E-state index is 11.5. The molecule has 0 unspecified atom stereocenters. The van der Waals surface area contributed by atoms with E-state index >= 15 is 0 Å². The van der Waals surface area contributed by atoms with Gasteiger partial charge in [0.25, 0.3) is 0 Å². The molecule has 0 radical (unpaired) electrons. The summed E-state index contributed by atoms with van der Waals surface area (Å²) in [5.74, 6) is 0. The second kappa shape index (κ2) is 5.93. The smallest absolute Gasteiger partial charge is 0.240 e. The molecule has 0 spiro atoms. The first-order valence-electron chi connectivity index (χ1n) is 6.09. The second-order valence-electron chi connectivity index (χ2n) is 4.38. The average molecular weight is 295 g/mol. The molecule has 1 heterocycles. The Morgan fingerprint density at radius 3 is 2.80 bits per heavy atom. The molecule has 2 aromatic rings. The Bertz CT molecular complexity index is 667. The van der Waals surface area contributed by atoms with E-state index in [0.29, 0.717) is 17.9 Å². The van der Waals surface area contributed by atoms with Crippen molar-refractivity contribution < 1.29 is 8.42 Å². The van der Waals surface area contributed by atoms with Crippen molar-refractivity contribution in [3.63, 3.8) is 0 Å². The fourth-order valence-corrected chi connectivity index (χ4v) is 2.57. The Morgan fingerprint density at radius 1 is 1.35 bits per heavy atom. The number of nitrogens with one attached hydrogen (secondary N) is 1. The summed E-state index contributed by atoms with van der Waals surface area (Å²) in [6.07, 6.45) is 6.15. The average Bonchev–Trinajstić information content (AvgIpc) is 2.88. The minimum Gasteiger partial charge on any atom is -0.399 e. The zero-order chi connectivity index (χ0) is 14.6. The van der Waals surface area contributed by atoms with E-state index < -0.39 is 10.0 Å². The Morgan fingerprint density at radius 2 is 2.15 bits per heavy atom. The highest BCUT2D eigenvalue weighted by molar-refractivity contribution is 7.89. The van der Waals surface area contributed by atoms with Crippen molar-refractivity contribution in [2.75, 3.05) is 17.6 Å². The summed E-state index contributed by atoms with van der Waals surface area (Å²) in [5, 5.41) is 8.23. The normalized spacial score (nSPS) is 11.4. The SMILES string of the molecule is Nc1ccc(NCCCn2ccnc2)c(S(N)(=O)=O)c1. The first-order valence-corrected chi connectivity index (χ1v) is 7.63. The first kappa shape index (κ1) is 14.4. The van der Waals surface area contributed by atoms with Crippen LogP contribution in [0.25, 0.3) is 0 Å². The summed E-state index contributed by atoms with van der Waals surface area (Å²) in [7, 11) is -3.79. The van der Waals surface area contributed by atoms with Gasteiger partial charge < -0.3 is 15.6 Å². The molecule has 108 valence electrons. The van der Waals surface area contributed by atoms with Crippen LogP contribution < -0.4 is 16.2 Å². The lowest BCUT2D eigenvalue weighted by Crippen LogP contribution is -2.16. The molecule has 0 amide bonds. The van der Waals surface area contributed by atoms with Crippen molar-refractivity contribution in [3.8, 4) is 0 Å². The van der Waals surface area contributed by atoms with Crippen molar-refractivity contribution in [1.29, 1.82) is 0 Å². The van der Waals surface area contributed by atoms with E-state index in [2.05, 4.69) is 10.3 Å². The largest absolute Gasteiger partial charge is 0.399 e. The Labute approximate surface area is 117 Å². The fraction of sp³-hybridized carbons (Fsp3) is 0.250. The van der Waals surface area contributed by atoms with Crippen LogP contribution >= 0.6 is 0 Å². The van der Waals surface area contributed by atoms with Crippen LogP contribution in [0.5, 0.6) is 0 Å². The summed E-state index contributed by atoms with van der Waals surface area (Å²) < 4.78 is 24.9. The Balaban J connectivity index is 1.99. The summed E-state index contributed by atoms with van der Waals surface area (Å²) in [6, 6.07) is 4.60. The zero-order valence-corrected chi connectivity index (χ0v) is 11.7. The van der Waals surface area contributed by atoms with Gasteiger partial charge in [0.2, 0.25) is 10.0 Å². The monoisotopic (exact) mass is 295 g/mol. The quantitative estimate of drug-likeness (QED) is 0.533. The molecule has 5 N–H and O–H groups in total. The molecule has 0 saturated heterocycles. The van der Waals surface area contributed by atoms with Gasteiger partial charge in [-0.1, -0.05) is 0 Å². The van der Waals surface area contributed by atoms with Crippen molar-refractivity contribution in [1.82, 2.24) is 9.55 Å². The highest BCUT2D eigenvalue weighted by Crippen LogP contribution is 2.22. The number of rotatable bonds is 6. The summed E-state index contributed by atoms with van der Waals surface area (Å²) in [4.78, 5) is 3.96. The van der Waals surface area contributed by atoms with Crippen molar-refractivity contribution in [3.05, 3.63) is 36.9 Å². The van der Waals surface area contributed by atoms with E-state index in [4.69, 9.17) is 10.9 Å². The van der Waals surface area contributed by atoms with Crippen LogP contribution in [0, 0.1) is 0 Å². The maximum absolute atomic E-state index is 11.5. The highest BCUT2D eigenvalue weighted by atomic mass is 32.2. The molecule has 0 bridgehead atoms. The number of aromatic nitrogens is 2. The predicted molar refractivity (Wildman–Crippen MR) is 77.6 cm³/mol. The van der Waals surface area contributed by atoms with Gasteiger partial charge in [0.05, 0.1) is 12.0 Å². The van der Waals surface area contributed by atoms with E-state index in [1.165, 1.54) is 6.07 Å². The van der Waals surface area contributed by atoms with Gasteiger partial charge in [0, 0.05) is 31.2 Å². The molecular formula is C12H17N5O2S. The van der Waals surface area contributed by atoms with Gasteiger partial charge in [-0.2, -0.15) is 0 Å². The third kappa shape index (κ3) is 3.72. The molecule has 1 aromatic heterocycles. The molecule has 1 aromatic carbocycles. The number of nitrogens with zero attached hydrogens (tertiary/aromatic N) is 2. The molecule has 0 aliphatic rings. The van der Waals surface area contributed by atoms with Crippen molar-refractivity contribution in [2.24, 2.45) is 5.14 Å². The van der Waals surface area contributed by atoms with Crippen molar-refractivity contribution >= 4 is 21.4 Å². The van der Waals surface area contributed by atoms with Gasteiger partial charge in [-0.25, -0.2) is 18.5 Å². The van der Waals surface area contributed by atoms with Gasteiger partial charge in [-0.05, 0) is 24.6 Å². The number of primary sulfonamides is 1. The van der Waals surface area contributed by atoms with E-state index in [9.17, 15) is 8.42 Å². The summed E-state index contributed by atoms with van der Waals surface area (Å²) in [5.41, 5.74) is 6.41. The number of aryl methyl sites for hydroxylation is 1. The third-order valence-corrected chi connectivity index (χ3v) is 3.73. The number of benzene rings is 1. The summed E-state index contributed by atoms with van der Waals surface area (Å²) in [6.45, 7) is 1.41. The van der Waals surface area contributed by atoms with Gasteiger partial charge in [0.1, 0.15) is 4.90 Å². The second-order valence-corrected chi connectivity index (χ2v) is 5.91. The predicted octanol–water partition coefficient (Wildman–Crippen LogP) is 0.615. The molecule has 0 atom stereocenters. The van der Waals surface area contributed by atoms with Gasteiger partial charge >= 0.3 is 0 Å². The van der Waals surface area contributed by atoms with Crippen LogP contribution in [-0.4, -0.2) is 24.5 Å². The minimum atomic E-state index is -3.79. The minimum absolute atomic E-state index is 0.0140. The number of anilines is 2. The standard InChI is InChI=1S/C12H17N5O2S/c13-10-2-3-11(12(8-10)20(14,18)19)16-4-1-6-17-7-5-15-9-17/h2-3,5,7-9,16H,1,4,6,13H2,(H2,14,18,19). The molecule has 2 rings (SSSR count). The molecule has 8 heteroatoms. The van der Waals surface area contributed by atoms with Gasteiger partial charge in [-0.3, -0.25) is 0 Å². The van der Waals surface area contributed by atoms with Crippen LogP contribution in [0.1, 0.15) is 6.42 Å². The molecular weight excluding hydrogens is 278 g/mol. The van der Waals surface area contributed by atoms with Crippen LogP contribution in [0.4, 0.5) is 11.4 Å². The summed E-state index contributed by atoms with van der Waals surface area (Å²) >= 11 is 0. The topological polar surface area (TPSA) is 116 Å². The number of nitrogens with two attached hydrogens (primary N) is 2. The van der Waals surface area contributed by atoms with Crippen LogP contribution in [0.15, 0.2) is 41.8 Å². The van der Waals surface area contributed by atoms with Gasteiger partial charge in [-0.15, -0.1) is 0 Å². The number of sulfonamides is 1. The molecule has 0 aliphatic heterocycles. The van der Waals surface area contributed by atoms with Gasteiger partial charge in [0.15, 0.2) is 0 Å². The highest BCUT2D eigenvalue weighted by Gasteiger charge is 2.13. The Hall–Kier alpha value is -2.06. The number of nitrogen functional groups attached to an aromatic ring is 1. The third-order valence-electron chi connectivity index (χ3n) is 2.78. The number of imidazole rings is 1. The van der Waals surface area contributed by atoms with E-state index in [1.54, 1.807) is 24.7 Å². The van der Waals surface area contributed by atoms with E-state index in [0.717, 1.165) is 13.0 Å². The van der Waals surface area contributed by atoms with Crippen LogP contribution in [0.2, 0.25) is 0 Å². The van der Waals surface area contributed by atoms with Crippen molar-refractivity contribution in [2.45, 2.75) is 17.9 Å².